The molecule has 1 saturated heterocycles. The number of fused-ring (bicyclic) bond motifs is 1. The molecule has 0 N–H and O–H groups in total. The van der Waals surface area contributed by atoms with Gasteiger partial charge >= 0.3 is 0 Å². The van der Waals surface area contributed by atoms with Crippen LogP contribution in [0.4, 0.5) is 10.2 Å². The van der Waals surface area contributed by atoms with Crippen LogP contribution >= 0.6 is 0 Å². The maximum absolute atomic E-state index is 13.3. The van der Waals surface area contributed by atoms with E-state index in [1.807, 2.05) is 41.0 Å². The molecule has 0 radical (unpaired) electrons. The van der Waals surface area contributed by atoms with Gasteiger partial charge in [0.05, 0.1) is 11.4 Å². The van der Waals surface area contributed by atoms with E-state index in [0.717, 1.165) is 65.7 Å². The van der Waals surface area contributed by atoms with Crippen LogP contribution in [0.3, 0.4) is 0 Å². The van der Waals surface area contributed by atoms with E-state index >= 15 is 0 Å². The van der Waals surface area contributed by atoms with Crippen LogP contribution in [0.5, 0.6) is 0 Å². The Kier molecular flexibility index (Phi) is 4.83. The van der Waals surface area contributed by atoms with Gasteiger partial charge in [0.2, 0.25) is 0 Å². The number of piperidine rings is 1. The SMILES string of the molecule is Fc1ccc(-c2ccn(-c3cc(N4CCCCC4)n4nc(-c5ccncc5)cc4n3)n2)cc1. The van der Waals surface area contributed by atoms with Crippen LogP contribution in [0.25, 0.3) is 34.0 Å². The molecule has 1 aliphatic rings. The van der Waals surface area contributed by atoms with Gasteiger partial charge in [0.15, 0.2) is 11.5 Å². The van der Waals surface area contributed by atoms with Crippen molar-refractivity contribution < 1.29 is 4.39 Å². The van der Waals surface area contributed by atoms with Crippen LogP contribution in [0.2, 0.25) is 0 Å². The quantitative estimate of drug-likeness (QED) is 0.404. The van der Waals surface area contributed by atoms with Crippen molar-refractivity contribution in [3.63, 3.8) is 0 Å². The second kappa shape index (κ2) is 8.12. The van der Waals surface area contributed by atoms with Crippen LogP contribution in [-0.2, 0) is 0 Å². The summed E-state index contributed by atoms with van der Waals surface area (Å²) in [4.78, 5) is 11.3. The number of anilines is 1. The fourth-order valence-corrected chi connectivity index (χ4v) is 4.30. The van der Waals surface area contributed by atoms with Gasteiger partial charge in [-0.15, -0.1) is 0 Å². The summed E-state index contributed by atoms with van der Waals surface area (Å²) >= 11 is 0. The number of hydrogen-bond donors (Lipinski definition) is 0. The van der Waals surface area contributed by atoms with Crippen molar-refractivity contribution in [2.75, 3.05) is 18.0 Å². The molecule has 7 nitrogen and oxygen atoms in total. The van der Waals surface area contributed by atoms with Crippen LogP contribution in [0, 0.1) is 5.82 Å². The molecule has 0 amide bonds. The van der Waals surface area contributed by atoms with E-state index in [0.29, 0.717) is 0 Å². The Morgan fingerprint density at radius 1 is 0.758 bits per heavy atom. The molecule has 0 saturated carbocycles. The molecule has 5 aromatic rings. The van der Waals surface area contributed by atoms with Gasteiger partial charge in [-0.05, 0) is 61.7 Å². The Labute approximate surface area is 190 Å². The van der Waals surface area contributed by atoms with E-state index in [-0.39, 0.29) is 5.82 Å². The van der Waals surface area contributed by atoms with Gasteiger partial charge in [0.1, 0.15) is 11.6 Å². The van der Waals surface area contributed by atoms with Gasteiger partial charge < -0.3 is 4.90 Å². The summed E-state index contributed by atoms with van der Waals surface area (Å²) in [6.07, 6.45) is 8.99. The number of pyridine rings is 1. The maximum atomic E-state index is 13.3. The normalized spacial score (nSPS) is 14.2. The highest BCUT2D eigenvalue weighted by molar-refractivity contribution is 5.66. The van der Waals surface area contributed by atoms with Gasteiger partial charge in [-0.1, -0.05) is 0 Å². The monoisotopic (exact) mass is 439 g/mol. The van der Waals surface area contributed by atoms with Crippen LogP contribution in [-0.4, -0.2) is 42.5 Å². The fraction of sp³-hybridized carbons (Fsp3) is 0.200. The topological polar surface area (TPSA) is 64.1 Å². The van der Waals surface area contributed by atoms with Gasteiger partial charge in [-0.2, -0.15) is 14.7 Å². The highest BCUT2D eigenvalue weighted by Crippen LogP contribution is 2.27. The molecule has 0 spiro atoms. The van der Waals surface area contributed by atoms with Crippen molar-refractivity contribution >= 4 is 11.5 Å². The highest BCUT2D eigenvalue weighted by atomic mass is 19.1. The third-order valence-electron chi connectivity index (χ3n) is 6.01. The molecule has 1 fully saturated rings. The lowest BCUT2D eigenvalue weighted by Gasteiger charge is -2.29. The van der Waals surface area contributed by atoms with E-state index in [1.165, 1.54) is 18.6 Å². The van der Waals surface area contributed by atoms with Crippen molar-refractivity contribution in [2.45, 2.75) is 19.3 Å². The van der Waals surface area contributed by atoms with Gasteiger partial charge in [0, 0.05) is 54.9 Å². The van der Waals surface area contributed by atoms with Crippen LogP contribution in [0.15, 0.2) is 73.2 Å². The summed E-state index contributed by atoms with van der Waals surface area (Å²) in [5.41, 5.74) is 4.24. The lowest BCUT2D eigenvalue weighted by atomic mass is 10.1. The minimum atomic E-state index is -0.262. The molecule has 164 valence electrons. The summed E-state index contributed by atoms with van der Waals surface area (Å²) in [6.45, 7) is 1.98. The van der Waals surface area contributed by atoms with Crippen molar-refractivity contribution in [3.8, 4) is 28.3 Å². The van der Waals surface area contributed by atoms with Crippen molar-refractivity contribution in [1.82, 2.24) is 29.4 Å². The zero-order valence-electron chi connectivity index (χ0n) is 18.0. The number of rotatable bonds is 4. The van der Waals surface area contributed by atoms with E-state index in [4.69, 9.17) is 15.2 Å². The molecule has 5 heterocycles. The Morgan fingerprint density at radius 2 is 1.52 bits per heavy atom. The van der Waals surface area contributed by atoms with Crippen molar-refractivity contribution in [3.05, 3.63) is 79.0 Å². The average Bonchev–Trinajstić information content (AvgIpc) is 3.53. The Morgan fingerprint density at radius 3 is 2.30 bits per heavy atom. The smallest absolute Gasteiger partial charge is 0.160 e. The Balaban J connectivity index is 1.46. The summed E-state index contributed by atoms with van der Waals surface area (Å²) in [5, 5.41) is 9.59. The van der Waals surface area contributed by atoms with Gasteiger partial charge in [0.25, 0.3) is 0 Å². The lowest BCUT2D eigenvalue weighted by Crippen LogP contribution is -2.31. The molecule has 4 aromatic heterocycles. The number of halogens is 1. The summed E-state index contributed by atoms with van der Waals surface area (Å²) in [7, 11) is 0. The number of aromatic nitrogens is 6. The molecular formula is C25H22FN7. The van der Waals surface area contributed by atoms with Crippen molar-refractivity contribution in [1.29, 1.82) is 0 Å². The standard InChI is InChI=1S/C25H22FN7/c26-20-6-4-18(5-7-20)21-10-15-32(29-21)23-17-25(31-13-2-1-3-14-31)33-24(28-23)16-22(30-33)19-8-11-27-12-9-19/h4-12,15-17H,1-3,13-14H2. The molecule has 6 rings (SSSR count). The minimum absolute atomic E-state index is 0.262. The van der Waals surface area contributed by atoms with Gasteiger partial charge in [-0.3, -0.25) is 4.98 Å². The summed E-state index contributed by atoms with van der Waals surface area (Å²) < 4.78 is 17.0. The first-order valence-corrected chi connectivity index (χ1v) is 11.1. The highest BCUT2D eigenvalue weighted by Gasteiger charge is 2.19. The molecule has 0 bridgehead atoms. The molecule has 8 heteroatoms. The predicted molar refractivity (Wildman–Crippen MR) is 125 cm³/mol. The first-order chi connectivity index (χ1) is 16.2. The zero-order chi connectivity index (χ0) is 22.2. The number of hydrogen-bond acceptors (Lipinski definition) is 5. The van der Waals surface area contributed by atoms with Crippen LogP contribution < -0.4 is 4.90 Å². The van der Waals surface area contributed by atoms with E-state index in [2.05, 4.69) is 9.88 Å². The fourth-order valence-electron chi connectivity index (χ4n) is 4.30. The predicted octanol–water partition coefficient (Wildman–Crippen LogP) is 4.77. The first-order valence-electron chi connectivity index (χ1n) is 11.1. The Bertz CT molecular complexity index is 1400. The molecular weight excluding hydrogens is 417 g/mol. The largest absolute Gasteiger partial charge is 0.356 e. The summed E-state index contributed by atoms with van der Waals surface area (Å²) in [6, 6.07) is 16.2. The Hall–Kier alpha value is -4.07. The molecule has 1 aromatic carbocycles. The molecule has 0 atom stereocenters. The van der Waals surface area contributed by atoms with E-state index in [9.17, 15) is 4.39 Å². The van der Waals surface area contributed by atoms with Crippen LogP contribution in [0.1, 0.15) is 19.3 Å². The molecule has 33 heavy (non-hydrogen) atoms. The van der Waals surface area contributed by atoms with Crippen molar-refractivity contribution in [2.24, 2.45) is 0 Å². The van der Waals surface area contributed by atoms with E-state index < -0.39 is 0 Å². The molecule has 0 aliphatic carbocycles. The lowest BCUT2D eigenvalue weighted by molar-refractivity contribution is 0.568. The summed E-state index contributed by atoms with van der Waals surface area (Å²) in [5.74, 6) is 1.47. The average molecular weight is 439 g/mol. The second-order valence-corrected chi connectivity index (χ2v) is 8.21. The van der Waals surface area contributed by atoms with Gasteiger partial charge in [-0.25, -0.2) is 14.1 Å². The third-order valence-corrected chi connectivity index (χ3v) is 6.01. The third kappa shape index (κ3) is 3.73. The first kappa shape index (κ1) is 19.6. The van der Waals surface area contributed by atoms with E-state index in [1.54, 1.807) is 29.2 Å². The zero-order valence-corrected chi connectivity index (χ0v) is 18.0. The second-order valence-electron chi connectivity index (χ2n) is 8.21. The maximum Gasteiger partial charge on any atom is 0.160 e. The number of benzene rings is 1. The minimum Gasteiger partial charge on any atom is -0.356 e. The number of nitrogens with zero attached hydrogens (tertiary/aromatic N) is 7. The molecule has 0 unspecified atom stereocenters. The molecule has 1 aliphatic heterocycles.